The number of aryl methyl sites for hydroxylation is 1. The minimum Gasteiger partial charge on any atom is -0.385 e. The Hall–Kier alpha value is -1.41. The zero-order valence-electron chi connectivity index (χ0n) is 10.2. The van der Waals surface area contributed by atoms with Crippen molar-refractivity contribution in [2.45, 2.75) is 44.6 Å². The summed E-state index contributed by atoms with van der Waals surface area (Å²) in [6, 6.07) is 2.17. The average Bonchev–Trinajstić information content (AvgIpc) is 2.62. The average molecular weight is 234 g/mol. The topological polar surface area (TPSA) is 63.7 Å². The van der Waals surface area contributed by atoms with E-state index in [2.05, 4.69) is 16.4 Å². The number of hydrogen-bond acceptors (Lipinski definition) is 4. The first-order chi connectivity index (χ1) is 8.36. The quantitative estimate of drug-likeness (QED) is 0.702. The summed E-state index contributed by atoms with van der Waals surface area (Å²) in [5.41, 5.74) is 2.06. The molecule has 0 bridgehead atoms. The molecular weight excluding hydrogens is 216 g/mol. The molecular formula is C12H18N4O. The predicted octanol–water partition coefficient (Wildman–Crippen LogP) is 1.65. The first-order valence-corrected chi connectivity index (χ1v) is 6.15. The number of rotatable bonds is 6. The van der Waals surface area contributed by atoms with Gasteiger partial charge < -0.3 is 4.74 Å². The van der Waals surface area contributed by atoms with E-state index in [-0.39, 0.29) is 0 Å². The maximum atomic E-state index is 8.79. The van der Waals surface area contributed by atoms with Gasteiger partial charge >= 0.3 is 0 Å². The highest BCUT2D eigenvalue weighted by molar-refractivity contribution is 5.20. The molecule has 92 valence electrons. The molecule has 0 radical (unpaired) electrons. The third-order valence-electron chi connectivity index (χ3n) is 3.30. The van der Waals surface area contributed by atoms with Crippen molar-refractivity contribution in [3.63, 3.8) is 0 Å². The smallest absolute Gasteiger partial charge is 0.100 e. The molecule has 0 amide bonds. The Kier molecular flexibility index (Phi) is 4.10. The Morgan fingerprint density at radius 1 is 1.53 bits per heavy atom. The summed E-state index contributed by atoms with van der Waals surface area (Å²) in [7, 11) is 1.70. The zero-order valence-corrected chi connectivity index (χ0v) is 10.2. The van der Waals surface area contributed by atoms with Gasteiger partial charge in [-0.05, 0) is 19.3 Å². The second kappa shape index (κ2) is 5.78. The summed E-state index contributed by atoms with van der Waals surface area (Å²) in [6.45, 7) is 1.57. The molecule has 1 aliphatic rings. The van der Waals surface area contributed by atoms with Crippen molar-refractivity contribution in [2.75, 3.05) is 13.7 Å². The summed E-state index contributed by atoms with van der Waals surface area (Å²) in [5, 5.41) is 17.1. The first-order valence-electron chi connectivity index (χ1n) is 6.15. The first kappa shape index (κ1) is 12.1. The van der Waals surface area contributed by atoms with Gasteiger partial charge in [0.1, 0.15) is 5.69 Å². The normalized spacial score (nSPS) is 15.5. The number of hydrogen-bond donors (Lipinski definition) is 0. The summed E-state index contributed by atoms with van der Waals surface area (Å²) in [6.07, 6.45) is 4.99. The maximum absolute atomic E-state index is 8.79. The number of nitrogens with zero attached hydrogens (tertiary/aromatic N) is 4. The molecule has 2 rings (SSSR count). The molecule has 1 heterocycles. The summed E-state index contributed by atoms with van der Waals surface area (Å²) < 4.78 is 7.01. The lowest BCUT2D eigenvalue weighted by atomic mass is 9.81. The highest BCUT2D eigenvalue weighted by Gasteiger charge is 2.27. The fraction of sp³-hybridized carbons (Fsp3) is 0.750. The minimum atomic E-state index is 0.371. The van der Waals surface area contributed by atoms with Crippen LogP contribution in [0.3, 0.4) is 0 Å². The van der Waals surface area contributed by atoms with Crippen LogP contribution in [0.25, 0.3) is 0 Å². The van der Waals surface area contributed by atoms with Crippen LogP contribution in [0.1, 0.15) is 43.0 Å². The van der Waals surface area contributed by atoms with Gasteiger partial charge in [0.2, 0.25) is 0 Å². The van der Waals surface area contributed by atoms with Crippen molar-refractivity contribution in [1.82, 2.24) is 15.0 Å². The maximum Gasteiger partial charge on any atom is 0.100 e. The summed E-state index contributed by atoms with van der Waals surface area (Å²) >= 11 is 0. The molecule has 0 N–H and O–H groups in total. The van der Waals surface area contributed by atoms with Gasteiger partial charge in [0, 0.05) is 26.2 Å². The molecule has 1 aromatic rings. The van der Waals surface area contributed by atoms with Gasteiger partial charge in [-0.3, -0.25) is 0 Å². The van der Waals surface area contributed by atoms with Gasteiger partial charge in [0.15, 0.2) is 0 Å². The van der Waals surface area contributed by atoms with E-state index in [1.165, 1.54) is 25.0 Å². The molecule has 0 unspecified atom stereocenters. The van der Waals surface area contributed by atoms with Crippen LogP contribution in [-0.4, -0.2) is 28.7 Å². The minimum absolute atomic E-state index is 0.371. The van der Waals surface area contributed by atoms with Crippen molar-refractivity contribution in [3.05, 3.63) is 11.4 Å². The van der Waals surface area contributed by atoms with Crippen LogP contribution in [0.4, 0.5) is 0 Å². The van der Waals surface area contributed by atoms with Crippen LogP contribution in [0.5, 0.6) is 0 Å². The van der Waals surface area contributed by atoms with Crippen LogP contribution < -0.4 is 0 Å². The molecule has 1 fully saturated rings. The molecule has 17 heavy (non-hydrogen) atoms. The van der Waals surface area contributed by atoms with E-state index in [9.17, 15) is 0 Å². The lowest BCUT2D eigenvalue weighted by Crippen LogP contribution is -2.17. The van der Waals surface area contributed by atoms with Crippen molar-refractivity contribution in [3.8, 4) is 6.07 Å². The van der Waals surface area contributed by atoms with Crippen LogP contribution >= 0.6 is 0 Å². The molecule has 0 saturated heterocycles. The lowest BCUT2D eigenvalue weighted by Gasteiger charge is -2.26. The van der Waals surface area contributed by atoms with Gasteiger partial charge in [-0.1, -0.05) is 11.6 Å². The number of ether oxygens (including phenoxy) is 1. The van der Waals surface area contributed by atoms with Crippen LogP contribution in [-0.2, 0) is 17.7 Å². The van der Waals surface area contributed by atoms with Crippen molar-refractivity contribution in [1.29, 1.82) is 5.26 Å². The van der Waals surface area contributed by atoms with Gasteiger partial charge in [-0.15, -0.1) is 5.10 Å². The fourth-order valence-electron chi connectivity index (χ4n) is 2.21. The second-order valence-corrected chi connectivity index (χ2v) is 4.45. The fourth-order valence-corrected chi connectivity index (χ4v) is 2.21. The van der Waals surface area contributed by atoms with Crippen molar-refractivity contribution >= 4 is 0 Å². The van der Waals surface area contributed by atoms with Crippen LogP contribution in [0.2, 0.25) is 0 Å². The Balaban J connectivity index is 2.10. The Morgan fingerprint density at radius 2 is 2.35 bits per heavy atom. The predicted molar refractivity (Wildman–Crippen MR) is 62.4 cm³/mol. The van der Waals surface area contributed by atoms with Crippen LogP contribution in [0.15, 0.2) is 0 Å². The molecule has 1 aliphatic carbocycles. The van der Waals surface area contributed by atoms with Gasteiger partial charge in [0.25, 0.3) is 0 Å². The summed E-state index contributed by atoms with van der Waals surface area (Å²) in [4.78, 5) is 0. The number of aromatic nitrogens is 3. The standard InChI is InChI=1S/C12H18N4O/c1-17-9-3-8-16-12(10-4-2-5-10)11(6-7-13)14-15-16/h10H,2-6,8-9H2,1H3. The van der Waals surface area contributed by atoms with Crippen LogP contribution in [0, 0.1) is 11.3 Å². The third-order valence-corrected chi connectivity index (χ3v) is 3.30. The van der Waals surface area contributed by atoms with Gasteiger partial charge in [-0.2, -0.15) is 5.26 Å². The van der Waals surface area contributed by atoms with E-state index in [1.54, 1.807) is 7.11 Å². The lowest BCUT2D eigenvalue weighted by molar-refractivity contribution is 0.187. The van der Waals surface area contributed by atoms with E-state index < -0.39 is 0 Å². The Bertz CT molecular complexity index is 403. The van der Waals surface area contributed by atoms with E-state index in [0.29, 0.717) is 12.3 Å². The van der Waals surface area contributed by atoms with Crippen molar-refractivity contribution < 1.29 is 4.74 Å². The Morgan fingerprint density at radius 3 is 2.94 bits per heavy atom. The highest BCUT2D eigenvalue weighted by Crippen LogP contribution is 2.37. The monoisotopic (exact) mass is 234 g/mol. The number of methoxy groups -OCH3 is 1. The molecule has 5 heteroatoms. The summed E-state index contributed by atoms with van der Waals surface area (Å²) in [5.74, 6) is 0.566. The molecule has 0 aromatic carbocycles. The van der Waals surface area contributed by atoms with Crippen molar-refractivity contribution in [2.24, 2.45) is 0 Å². The largest absolute Gasteiger partial charge is 0.385 e. The van der Waals surface area contributed by atoms with E-state index in [4.69, 9.17) is 10.00 Å². The van der Waals surface area contributed by atoms with E-state index >= 15 is 0 Å². The Labute approximate surface area is 101 Å². The van der Waals surface area contributed by atoms with Gasteiger partial charge in [0.05, 0.1) is 18.2 Å². The zero-order chi connectivity index (χ0) is 12.1. The molecule has 0 aliphatic heterocycles. The second-order valence-electron chi connectivity index (χ2n) is 4.45. The molecule has 0 atom stereocenters. The SMILES string of the molecule is COCCCn1nnc(CC#N)c1C1CCC1. The molecule has 1 aromatic heterocycles. The van der Waals surface area contributed by atoms with Gasteiger partial charge in [-0.25, -0.2) is 4.68 Å². The number of nitriles is 1. The highest BCUT2D eigenvalue weighted by atomic mass is 16.5. The molecule has 1 saturated carbocycles. The molecule has 5 nitrogen and oxygen atoms in total. The van der Waals surface area contributed by atoms with E-state index in [0.717, 1.165) is 25.3 Å². The van der Waals surface area contributed by atoms with E-state index in [1.807, 2.05) is 4.68 Å². The molecule has 0 spiro atoms. The third kappa shape index (κ3) is 2.64.